The Balaban J connectivity index is 2.76. The summed E-state index contributed by atoms with van der Waals surface area (Å²) in [6.07, 6.45) is 0. The van der Waals surface area contributed by atoms with Gasteiger partial charge in [-0.15, -0.1) is 0 Å². The first kappa shape index (κ1) is 14.1. The molecule has 0 aliphatic heterocycles. The molecule has 3 heteroatoms. The van der Waals surface area contributed by atoms with Crippen molar-refractivity contribution in [3.63, 3.8) is 0 Å². The van der Waals surface area contributed by atoms with Gasteiger partial charge < -0.3 is 4.57 Å². The highest BCUT2D eigenvalue weighted by Crippen LogP contribution is 2.23. The van der Waals surface area contributed by atoms with Crippen LogP contribution in [0.25, 0.3) is 11.1 Å². The van der Waals surface area contributed by atoms with Gasteiger partial charge in [-0.05, 0) is 39.3 Å². The summed E-state index contributed by atoms with van der Waals surface area (Å²) < 4.78 is 1.66. The van der Waals surface area contributed by atoms with E-state index in [1.54, 1.807) is 4.57 Å². The van der Waals surface area contributed by atoms with Crippen LogP contribution in [-0.4, -0.2) is 4.57 Å². The molecule has 0 fully saturated rings. The van der Waals surface area contributed by atoms with Crippen LogP contribution in [-0.2, 0) is 0 Å². The van der Waals surface area contributed by atoms with E-state index in [9.17, 15) is 10.1 Å². The number of nitrogens with zero attached hydrogens (tertiary/aromatic N) is 2. The van der Waals surface area contributed by atoms with Crippen molar-refractivity contribution < 1.29 is 0 Å². The summed E-state index contributed by atoms with van der Waals surface area (Å²) in [5.74, 6) is 0. The highest BCUT2D eigenvalue weighted by molar-refractivity contribution is 5.70. The second-order valence-corrected chi connectivity index (χ2v) is 5.32. The molecule has 0 saturated carbocycles. The van der Waals surface area contributed by atoms with E-state index in [0.29, 0.717) is 5.56 Å². The zero-order valence-corrected chi connectivity index (χ0v) is 12.3. The van der Waals surface area contributed by atoms with Crippen molar-refractivity contribution in [1.82, 2.24) is 4.57 Å². The summed E-state index contributed by atoms with van der Waals surface area (Å²) in [5.41, 5.74) is 3.65. The molecule has 2 aromatic rings. The fourth-order valence-corrected chi connectivity index (χ4v) is 2.46. The van der Waals surface area contributed by atoms with Crippen LogP contribution in [0, 0.1) is 25.2 Å². The van der Waals surface area contributed by atoms with Crippen molar-refractivity contribution in [2.75, 3.05) is 0 Å². The Morgan fingerprint density at radius 1 is 1.15 bits per heavy atom. The topological polar surface area (TPSA) is 45.8 Å². The van der Waals surface area contributed by atoms with Gasteiger partial charge in [0, 0.05) is 17.3 Å². The molecule has 0 saturated heterocycles. The minimum atomic E-state index is -0.210. The summed E-state index contributed by atoms with van der Waals surface area (Å²) in [6, 6.07) is 11.9. The maximum atomic E-state index is 12.5. The maximum absolute atomic E-state index is 12.5. The lowest BCUT2D eigenvalue weighted by Gasteiger charge is -2.16. The first-order valence-corrected chi connectivity index (χ1v) is 6.69. The van der Waals surface area contributed by atoms with E-state index in [2.05, 4.69) is 6.07 Å². The van der Waals surface area contributed by atoms with Crippen LogP contribution in [0.1, 0.15) is 36.7 Å². The smallest absolute Gasteiger partial charge is 0.269 e. The fourth-order valence-electron chi connectivity index (χ4n) is 2.46. The molecule has 0 unspecified atom stereocenters. The Morgan fingerprint density at radius 2 is 1.75 bits per heavy atom. The van der Waals surface area contributed by atoms with Crippen LogP contribution in [0.4, 0.5) is 0 Å². The molecule has 0 radical (unpaired) electrons. The van der Waals surface area contributed by atoms with Crippen molar-refractivity contribution in [3.05, 3.63) is 57.5 Å². The van der Waals surface area contributed by atoms with Crippen LogP contribution in [0.5, 0.6) is 0 Å². The van der Waals surface area contributed by atoms with Gasteiger partial charge in [-0.1, -0.05) is 29.8 Å². The summed E-state index contributed by atoms with van der Waals surface area (Å²) in [4.78, 5) is 12.5. The number of pyridine rings is 1. The van der Waals surface area contributed by atoms with Crippen molar-refractivity contribution in [2.24, 2.45) is 0 Å². The van der Waals surface area contributed by atoms with E-state index in [1.807, 2.05) is 58.0 Å². The van der Waals surface area contributed by atoms with Gasteiger partial charge in [0.1, 0.15) is 11.6 Å². The van der Waals surface area contributed by atoms with E-state index in [0.717, 1.165) is 16.8 Å². The molecule has 0 aliphatic rings. The predicted octanol–water partition coefficient (Wildman–Crippen LogP) is 3.58. The van der Waals surface area contributed by atoms with Crippen molar-refractivity contribution in [2.45, 2.75) is 33.7 Å². The van der Waals surface area contributed by atoms with E-state index in [1.165, 1.54) is 0 Å². The number of hydrogen-bond donors (Lipinski definition) is 0. The van der Waals surface area contributed by atoms with Crippen molar-refractivity contribution in [1.29, 1.82) is 5.26 Å². The summed E-state index contributed by atoms with van der Waals surface area (Å²) in [5, 5.41) is 9.35. The van der Waals surface area contributed by atoms with Crippen LogP contribution < -0.4 is 5.56 Å². The second kappa shape index (κ2) is 5.34. The Bertz CT molecular complexity index is 731. The first-order chi connectivity index (χ1) is 9.45. The summed E-state index contributed by atoms with van der Waals surface area (Å²) >= 11 is 0. The molecule has 0 bridgehead atoms. The van der Waals surface area contributed by atoms with Crippen LogP contribution in [0.2, 0.25) is 0 Å². The molecule has 1 aromatic heterocycles. The predicted molar refractivity (Wildman–Crippen MR) is 80.7 cm³/mol. The normalized spacial score (nSPS) is 10.6. The lowest BCUT2D eigenvalue weighted by molar-refractivity contribution is 0.562. The number of aryl methyl sites for hydroxylation is 2. The first-order valence-electron chi connectivity index (χ1n) is 6.69. The average Bonchev–Trinajstić information content (AvgIpc) is 2.38. The van der Waals surface area contributed by atoms with Crippen molar-refractivity contribution in [3.8, 4) is 17.2 Å². The van der Waals surface area contributed by atoms with Gasteiger partial charge in [0.25, 0.3) is 5.56 Å². The number of nitriles is 1. The highest BCUT2D eigenvalue weighted by atomic mass is 16.1. The maximum Gasteiger partial charge on any atom is 0.269 e. The molecule has 0 spiro atoms. The molecular weight excluding hydrogens is 248 g/mol. The lowest BCUT2D eigenvalue weighted by Crippen LogP contribution is -2.26. The number of benzene rings is 1. The SMILES string of the molecule is Cc1ccc(-c2cc(C)n(C(C)C)c(=O)c2C#N)cc1. The van der Waals surface area contributed by atoms with E-state index in [4.69, 9.17) is 0 Å². The highest BCUT2D eigenvalue weighted by Gasteiger charge is 2.15. The third kappa shape index (κ3) is 2.37. The molecule has 102 valence electrons. The molecule has 2 rings (SSSR count). The molecule has 3 nitrogen and oxygen atoms in total. The van der Waals surface area contributed by atoms with Gasteiger partial charge in [0.15, 0.2) is 0 Å². The minimum Gasteiger partial charge on any atom is -0.309 e. The largest absolute Gasteiger partial charge is 0.309 e. The van der Waals surface area contributed by atoms with Gasteiger partial charge in [-0.2, -0.15) is 5.26 Å². The molecule has 0 N–H and O–H groups in total. The standard InChI is InChI=1S/C17H18N2O/c1-11(2)19-13(4)9-15(16(10-18)17(19)20)14-7-5-12(3)6-8-14/h5-9,11H,1-4H3. The molecule has 1 aromatic carbocycles. The third-order valence-corrected chi connectivity index (χ3v) is 3.43. The quantitative estimate of drug-likeness (QED) is 0.834. The number of aromatic nitrogens is 1. The zero-order valence-electron chi connectivity index (χ0n) is 12.3. The Labute approximate surface area is 119 Å². The van der Waals surface area contributed by atoms with E-state index < -0.39 is 0 Å². The summed E-state index contributed by atoms with van der Waals surface area (Å²) in [7, 11) is 0. The third-order valence-electron chi connectivity index (χ3n) is 3.43. The van der Waals surface area contributed by atoms with Gasteiger partial charge in [-0.3, -0.25) is 4.79 Å². The molecule has 0 aliphatic carbocycles. The van der Waals surface area contributed by atoms with Gasteiger partial charge in [-0.25, -0.2) is 0 Å². The van der Waals surface area contributed by atoms with Gasteiger partial charge in [0.2, 0.25) is 0 Å². The second-order valence-electron chi connectivity index (χ2n) is 5.32. The number of rotatable bonds is 2. The Morgan fingerprint density at radius 3 is 2.25 bits per heavy atom. The lowest BCUT2D eigenvalue weighted by atomic mass is 9.99. The molecule has 20 heavy (non-hydrogen) atoms. The van der Waals surface area contributed by atoms with E-state index in [-0.39, 0.29) is 17.2 Å². The number of hydrogen-bond acceptors (Lipinski definition) is 2. The summed E-state index contributed by atoms with van der Waals surface area (Å²) in [6.45, 7) is 7.80. The van der Waals surface area contributed by atoms with Crippen LogP contribution >= 0.6 is 0 Å². The van der Waals surface area contributed by atoms with Gasteiger partial charge >= 0.3 is 0 Å². The van der Waals surface area contributed by atoms with Crippen molar-refractivity contribution >= 4 is 0 Å². The Kier molecular flexibility index (Phi) is 3.76. The van der Waals surface area contributed by atoms with Crippen LogP contribution in [0.15, 0.2) is 35.1 Å². The zero-order chi connectivity index (χ0) is 14.9. The van der Waals surface area contributed by atoms with E-state index >= 15 is 0 Å². The minimum absolute atomic E-state index is 0.0432. The van der Waals surface area contributed by atoms with Gasteiger partial charge in [0.05, 0.1) is 0 Å². The average molecular weight is 266 g/mol. The fraction of sp³-hybridized carbons (Fsp3) is 0.294. The molecule has 1 heterocycles. The van der Waals surface area contributed by atoms with Crippen LogP contribution in [0.3, 0.4) is 0 Å². The molecule has 0 amide bonds. The monoisotopic (exact) mass is 266 g/mol. The Hall–Kier alpha value is -2.34. The molecule has 0 atom stereocenters. The molecular formula is C17H18N2O.